The summed E-state index contributed by atoms with van der Waals surface area (Å²) in [7, 11) is 0. The highest BCUT2D eigenvalue weighted by molar-refractivity contribution is 7.11. The van der Waals surface area contributed by atoms with Crippen LogP contribution in [0, 0.1) is 24.7 Å². The molecule has 0 bridgehead atoms. The van der Waals surface area contributed by atoms with Crippen LogP contribution >= 0.6 is 11.3 Å². The Labute approximate surface area is 160 Å². The molecule has 2 fully saturated rings. The van der Waals surface area contributed by atoms with E-state index >= 15 is 0 Å². The molecule has 1 aromatic rings. The molecule has 9 heteroatoms. The van der Waals surface area contributed by atoms with Gasteiger partial charge in [0.1, 0.15) is 0 Å². The molecule has 1 aliphatic carbocycles. The molecular weight excluding hydrogens is 381 g/mol. The molecule has 1 aliphatic heterocycles. The molecule has 1 saturated heterocycles. The molecule has 5 nitrogen and oxygen atoms in total. The first-order valence-electron chi connectivity index (χ1n) is 8.84. The first kappa shape index (κ1) is 21.7. The third kappa shape index (κ3) is 6.49. The molecule has 1 amide bonds. The zero-order chi connectivity index (χ0) is 20.4. The van der Waals surface area contributed by atoms with Crippen molar-refractivity contribution in [3.63, 3.8) is 0 Å². The molecule has 2 aliphatic rings. The number of hydrogen-bond donors (Lipinski definition) is 2. The highest BCUT2D eigenvalue weighted by Crippen LogP contribution is 2.53. The minimum atomic E-state index is -5.08. The second-order valence-electron chi connectivity index (χ2n) is 7.43. The van der Waals surface area contributed by atoms with Crippen LogP contribution in [0.15, 0.2) is 12.1 Å². The van der Waals surface area contributed by atoms with Crippen molar-refractivity contribution < 1.29 is 27.9 Å². The number of halogens is 3. The Bertz CT molecular complexity index is 663. The van der Waals surface area contributed by atoms with Gasteiger partial charge in [-0.1, -0.05) is 0 Å². The number of nitrogens with one attached hydrogen (secondary N) is 1. The molecule has 2 heterocycles. The van der Waals surface area contributed by atoms with Gasteiger partial charge >= 0.3 is 12.1 Å². The van der Waals surface area contributed by atoms with Crippen LogP contribution in [0.3, 0.4) is 0 Å². The SMILES string of the molecule is Cc1ccc(CN2C[C@@H]3C(CC(=O)NC(C)C)[C@@H]3C2)s1.O=C(O)C(F)(F)F. The van der Waals surface area contributed by atoms with Crippen molar-refractivity contribution in [2.24, 2.45) is 17.8 Å². The van der Waals surface area contributed by atoms with Gasteiger partial charge in [-0.2, -0.15) is 13.2 Å². The number of rotatable bonds is 5. The number of piperidine rings is 1. The molecule has 0 spiro atoms. The number of carbonyl (C=O) groups is 2. The monoisotopic (exact) mass is 406 g/mol. The lowest BCUT2D eigenvalue weighted by molar-refractivity contribution is -0.192. The number of hydrogen-bond acceptors (Lipinski definition) is 4. The average molecular weight is 406 g/mol. The summed E-state index contributed by atoms with van der Waals surface area (Å²) in [5.74, 6) is -0.328. The van der Waals surface area contributed by atoms with E-state index in [1.807, 2.05) is 25.2 Å². The van der Waals surface area contributed by atoms with E-state index in [0.29, 0.717) is 5.92 Å². The number of carboxylic acids is 1. The van der Waals surface area contributed by atoms with Gasteiger partial charge in [-0.15, -0.1) is 11.3 Å². The van der Waals surface area contributed by atoms with Gasteiger partial charge in [-0.05, 0) is 50.7 Å². The fraction of sp³-hybridized carbons (Fsp3) is 0.667. The number of aryl methyl sites for hydroxylation is 1. The van der Waals surface area contributed by atoms with Crippen LogP contribution in [0.5, 0.6) is 0 Å². The van der Waals surface area contributed by atoms with Crippen molar-refractivity contribution in [2.75, 3.05) is 13.1 Å². The number of aliphatic carboxylic acids is 1. The molecule has 3 rings (SSSR count). The molecule has 152 valence electrons. The molecule has 1 unspecified atom stereocenters. The van der Waals surface area contributed by atoms with Gasteiger partial charge in [0.25, 0.3) is 0 Å². The Hall–Kier alpha value is -1.61. The summed E-state index contributed by atoms with van der Waals surface area (Å²) < 4.78 is 31.7. The predicted molar refractivity (Wildman–Crippen MR) is 96.4 cm³/mol. The van der Waals surface area contributed by atoms with E-state index in [-0.39, 0.29) is 11.9 Å². The number of carbonyl (C=O) groups excluding carboxylic acids is 1. The van der Waals surface area contributed by atoms with Crippen molar-refractivity contribution in [3.8, 4) is 0 Å². The summed E-state index contributed by atoms with van der Waals surface area (Å²) in [6, 6.07) is 4.72. The summed E-state index contributed by atoms with van der Waals surface area (Å²) >= 11 is 1.90. The standard InChI is InChI=1S/C16H24N2OS.C2HF3O2/c1-10(2)17-16(19)6-13-14-8-18(9-15(13)14)7-12-5-4-11(3)20-12;3-2(4,5)1(6)7/h4-5,10,13-15H,6-9H2,1-3H3,(H,17,19);(H,6,7)/t13?,14-,15+;. The smallest absolute Gasteiger partial charge is 0.475 e. The molecule has 3 atom stereocenters. The number of thiophene rings is 1. The predicted octanol–water partition coefficient (Wildman–Crippen LogP) is 3.28. The van der Waals surface area contributed by atoms with Crippen LogP contribution in [0.25, 0.3) is 0 Å². The number of alkyl halides is 3. The summed E-state index contributed by atoms with van der Waals surface area (Å²) in [6.45, 7) is 9.67. The van der Waals surface area contributed by atoms with Gasteiger partial charge in [0, 0.05) is 41.9 Å². The summed E-state index contributed by atoms with van der Waals surface area (Å²) in [4.78, 5) is 26.1. The van der Waals surface area contributed by atoms with Gasteiger partial charge in [-0.3, -0.25) is 9.69 Å². The van der Waals surface area contributed by atoms with Crippen molar-refractivity contribution >= 4 is 23.2 Å². The van der Waals surface area contributed by atoms with E-state index in [1.165, 1.54) is 22.8 Å². The van der Waals surface area contributed by atoms with Crippen LogP contribution in [0.1, 0.15) is 30.0 Å². The van der Waals surface area contributed by atoms with Crippen molar-refractivity contribution in [1.82, 2.24) is 10.2 Å². The Kier molecular flexibility index (Phi) is 6.91. The summed E-state index contributed by atoms with van der Waals surface area (Å²) in [5.41, 5.74) is 0. The molecule has 27 heavy (non-hydrogen) atoms. The molecule has 1 saturated carbocycles. The van der Waals surface area contributed by atoms with Gasteiger partial charge in [-0.25, -0.2) is 4.79 Å². The quantitative estimate of drug-likeness (QED) is 0.787. The Morgan fingerprint density at radius 2 is 1.85 bits per heavy atom. The fourth-order valence-corrected chi connectivity index (χ4v) is 4.49. The normalized spacial score (nSPS) is 24.2. The van der Waals surface area contributed by atoms with Crippen molar-refractivity contribution in [3.05, 3.63) is 21.9 Å². The van der Waals surface area contributed by atoms with Crippen molar-refractivity contribution in [1.29, 1.82) is 0 Å². The lowest BCUT2D eigenvalue weighted by Crippen LogP contribution is -2.31. The number of likely N-dealkylation sites (tertiary alicyclic amines) is 1. The lowest BCUT2D eigenvalue weighted by Gasteiger charge is -2.18. The van der Waals surface area contributed by atoms with Crippen LogP contribution in [0.2, 0.25) is 0 Å². The first-order valence-corrected chi connectivity index (χ1v) is 9.66. The van der Waals surface area contributed by atoms with Gasteiger partial charge in [0.15, 0.2) is 0 Å². The van der Waals surface area contributed by atoms with Gasteiger partial charge in [0.2, 0.25) is 5.91 Å². The van der Waals surface area contributed by atoms with E-state index in [9.17, 15) is 18.0 Å². The second-order valence-corrected chi connectivity index (χ2v) is 8.80. The molecule has 0 radical (unpaired) electrons. The van der Waals surface area contributed by atoms with Crippen LogP contribution in [0.4, 0.5) is 13.2 Å². The van der Waals surface area contributed by atoms with E-state index in [4.69, 9.17) is 9.90 Å². The number of carboxylic acid groups (broad SMARTS) is 1. The summed E-state index contributed by atoms with van der Waals surface area (Å²) in [6.07, 6.45) is -4.35. The van der Waals surface area contributed by atoms with Crippen LogP contribution in [-0.2, 0) is 16.1 Å². The highest BCUT2D eigenvalue weighted by atomic mass is 32.1. The van der Waals surface area contributed by atoms with Gasteiger partial charge in [0.05, 0.1) is 0 Å². The summed E-state index contributed by atoms with van der Waals surface area (Å²) in [5, 5.41) is 10.1. The maximum atomic E-state index is 11.8. The largest absolute Gasteiger partial charge is 0.490 e. The molecule has 2 N–H and O–H groups in total. The maximum Gasteiger partial charge on any atom is 0.490 e. The first-order chi connectivity index (χ1) is 12.5. The highest BCUT2D eigenvalue weighted by Gasteiger charge is 2.55. The average Bonchev–Trinajstić information content (AvgIpc) is 2.88. The van der Waals surface area contributed by atoms with E-state index < -0.39 is 12.1 Å². The van der Waals surface area contributed by atoms with E-state index in [1.54, 1.807) is 0 Å². The Balaban J connectivity index is 0.000000321. The zero-order valence-electron chi connectivity index (χ0n) is 15.5. The second kappa shape index (κ2) is 8.60. The van der Waals surface area contributed by atoms with E-state index in [0.717, 1.165) is 24.8 Å². The molecular formula is C18H25F3N2O3S. The minimum Gasteiger partial charge on any atom is -0.475 e. The Morgan fingerprint density at radius 3 is 2.26 bits per heavy atom. The number of nitrogens with zero attached hydrogens (tertiary/aromatic N) is 1. The third-order valence-electron chi connectivity index (χ3n) is 4.74. The third-order valence-corrected chi connectivity index (χ3v) is 5.72. The molecule has 1 aromatic heterocycles. The lowest BCUT2D eigenvalue weighted by atomic mass is 10.1. The number of amides is 1. The minimum absolute atomic E-state index is 0.236. The number of fused-ring (bicyclic) bond motifs is 1. The topological polar surface area (TPSA) is 69.6 Å². The van der Waals surface area contributed by atoms with Crippen LogP contribution < -0.4 is 5.32 Å². The fourth-order valence-electron chi connectivity index (χ4n) is 3.55. The van der Waals surface area contributed by atoms with Crippen LogP contribution in [-0.4, -0.2) is 47.2 Å². The van der Waals surface area contributed by atoms with E-state index in [2.05, 4.69) is 29.3 Å². The van der Waals surface area contributed by atoms with Gasteiger partial charge < -0.3 is 10.4 Å². The Morgan fingerprint density at radius 1 is 1.30 bits per heavy atom. The molecule has 0 aromatic carbocycles. The zero-order valence-corrected chi connectivity index (χ0v) is 16.4. The van der Waals surface area contributed by atoms with Crippen molar-refractivity contribution in [2.45, 2.75) is 46.0 Å². The maximum absolute atomic E-state index is 11.8.